The van der Waals surface area contributed by atoms with E-state index in [1.807, 2.05) is 12.1 Å². The van der Waals surface area contributed by atoms with Gasteiger partial charge in [0.15, 0.2) is 11.5 Å². The van der Waals surface area contributed by atoms with Gasteiger partial charge in [-0.05, 0) is 47.9 Å². The van der Waals surface area contributed by atoms with E-state index in [4.69, 9.17) is 16.3 Å². The number of hydrogen-bond donors (Lipinski definition) is 1. The molecule has 2 heterocycles. The van der Waals surface area contributed by atoms with Crippen LogP contribution < -0.4 is 4.74 Å². The quantitative estimate of drug-likeness (QED) is 0.469. The predicted molar refractivity (Wildman–Crippen MR) is 114 cm³/mol. The number of aryl methyl sites for hydroxylation is 1. The van der Waals surface area contributed by atoms with Crippen molar-refractivity contribution in [3.8, 4) is 11.5 Å². The van der Waals surface area contributed by atoms with Gasteiger partial charge in [0, 0.05) is 48.7 Å². The van der Waals surface area contributed by atoms with Crippen LogP contribution in [0.4, 0.5) is 5.69 Å². The Bertz CT molecular complexity index is 1080. The van der Waals surface area contributed by atoms with Gasteiger partial charge < -0.3 is 14.4 Å². The molecule has 0 spiro atoms. The molecule has 0 bridgehead atoms. The van der Waals surface area contributed by atoms with Gasteiger partial charge in [-0.1, -0.05) is 17.7 Å². The van der Waals surface area contributed by atoms with Crippen LogP contribution in [0.2, 0.25) is 5.02 Å². The van der Waals surface area contributed by atoms with Crippen molar-refractivity contribution < 1.29 is 14.8 Å². The molecule has 2 aromatic carbocycles. The number of phenolic OH excluding ortho intramolecular Hbond substituents is 1. The summed E-state index contributed by atoms with van der Waals surface area (Å²) < 4.78 is 7.40. The average Bonchev–Trinajstić information content (AvgIpc) is 3.10. The van der Waals surface area contributed by atoms with Crippen LogP contribution in [0.5, 0.6) is 11.5 Å². The Morgan fingerprint density at radius 1 is 1.23 bits per heavy atom. The Hall–Kier alpha value is -3.03. The number of hydrogen-bond acceptors (Lipinski definition) is 5. The first-order valence-electron chi connectivity index (χ1n) is 9.66. The van der Waals surface area contributed by atoms with E-state index in [0.29, 0.717) is 22.9 Å². The summed E-state index contributed by atoms with van der Waals surface area (Å²) in [4.78, 5) is 13.1. The molecule has 0 aliphatic carbocycles. The fourth-order valence-corrected chi connectivity index (χ4v) is 4.26. The van der Waals surface area contributed by atoms with Crippen molar-refractivity contribution in [1.29, 1.82) is 0 Å². The SMILES string of the molecule is COc1ccc(C2c3cccn3CCCN2Cc2cc([N+](=O)[O-])ccc2Cl)cc1O. The van der Waals surface area contributed by atoms with Gasteiger partial charge in [-0.3, -0.25) is 15.0 Å². The molecule has 0 saturated heterocycles. The lowest BCUT2D eigenvalue weighted by atomic mass is 10.00. The Labute approximate surface area is 179 Å². The van der Waals surface area contributed by atoms with E-state index in [0.717, 1.165) is 30.8 Å². The second-order valence-electron chi connectivity index (χ2n) is 7.32. The smallest absolute Gasteiger partial charge is 0.269 e. The van der Waals surface area contributed by atoms with Crippen LogP contribution in [0.25, 0.3) is 0 Å². The summed E-state index contributed by atoms with van der Waals surface area (Å²) >= 11 is 6.39. The minimum atomic E-state index is -0.410. The minimum absolute atomic E-state index is 0.0197. The van der Waals surface area contributed by atoms with Gasteiger partial charge in [-0.15, -0.1) is 0 Å². The van der Waals surface area contributed by atoms with Gasteiger partial charge in [0.1, 0.15) is 0 Å². The highest BCUT2D eigenvalue weighted by atomic mass is 35.5. The zero-order valence-electron chi connectivity index (χ0n) is 16.5. The molecule has 7 nitrogen and oxygen atoms in total. The number of non-ortho nitro benzene ring substituents is 1. The van der Waals surface area contributed by atoms with Gasteiger partial charge in [0.05, 0.1) is 18.1 Å². The topological polar surface area (TPSA) is 80.8 Å². The van der Waals surface area contributed by atoms with Gasteiger partial charge in [-0.25, -0.2) is 0 Å². The number of rotatable bonds is 5. The molecule has 1 N–H and O–H groups in total. The second kappa shape index (κ2) is 8.38. The van der Waals surface area contributed by atoms with Crippen LogP contribution in [0.1, 0.15) is 29.3 Å². The molecule has 0 saturated carbocycles. The number of fused-ring (bicyclic) bond motifs is 1. The van der Waals surface area contributed by atoms with Crippen molar-refractivity contribution in [2.45, 2.75) is 25.6 Å². The van der Waals surface area contributed by atoms with Crippen molar-refractivity contribution in [2.24, 2.45) is 0 Å². The third-order valence-electron chi connectivity index (χ3n) is 5.49. The molecular formula is C22H22ClN3O4. The molecule has 1 unspecified atom stereocenters. The van der Waals surface area contributed by atoms with Crippen molar-refractivity contribution >= 4 is 17.3 Å². The third kappa shape index (κ3) is 3.86. The Kier molecular flexibility index (Phi) is 5.65. The third-order valence-corrected chi connectivity index (χ3v) is 5.86. The number of halogens is 1. The molecule has 156 valence electrons. The van der Waals surface area contributed by atoms with Crippen molar-refractivity contribution in [3.05, 3.63) is 86.7 Å². The van der Waals surface area contributed by atoms with Crippen LogP contribution in [-0.4, -0.2) is 33.2 Å². The number of aromatic nitrogens is 1. The van der Waals surface area contributed by atoms with Gasteiger partial charge in [0.25, 0.3) is 5.69 Å². The lowest BCUT2D eigenvalue weighted by Gasteiger charge is -2.31. The fourth-order valence-electron chi connectivity index (χ4n) is 4.08. The Morgan fingerprint density at radius 2 is 2.07 bits per heavy atom. The van der Waals surface area contributed by atoms with Gasteiger partial charge >= 0.3 is 0 Å². The number of methoxy groups -OCH3 is 1. The van der Waals surface area contributed by atoms with Crippen molar-refractivity contribution in [3.63, 3.8) is 0 Å². The van der Waals surface area contributed by atoms with Gasteiger partial charge in [-0.2, -0.15) is 0 Å². The molecule has 8 heteroatoms. The first-order chi connectivity index (χ1) is 14.5. The number of ether oxygens (including phenoxy) is 1. The zero-order chi connectivity index (χ0) is 21.3. The standard InChI is InChI=1S/C22H22ClN3O4/c1-30-21-8-5-15(13-20(21)27)22-19-4-2-9-24(19)10-3-11-25(22)14-16-12-17(26(28)29)6-7-18(16)23/h2,4-9,12-13,22,27H,3,10-11,14H2,1H3. The van der Waals surface area contributed by atoms with Crippen LogP contribution >= 0.6 is 11.6 Å². The number of aromatic hydroxyl groups is 1. The average molecular weight is 428 g/mol. The molecule has 0 radical (unpaired) electrons. The number of benzene rings is 2. The number of nitro benzene ring substituents is 1. The summed E-state index contributed by atoms with van der Waals surface area (Å²) in [6.07, 6.45) is 2.97. The molecule has 1 aliphatic rings. The van der Waals surface area contributed by atoms with E-state index >= 15 is 0 Å². The highest BCUT2D eigenvalue weighted by Crippen LogP contribution is 2.37. The molecule has 0 fully saturated rings. The van der Waals surface area contributed by atoms with Crippen LogP contribution in [0.15, 0.2) is 54.7 Å². The van der Waals surface area contributed by atoms with Crippen LogP contribution in [0, 0.1) is 10.1 Å². The van der Waals surface area contributed by atoms with E-state index in [1.54, 1.807) is 18.2 Å². The maximum Gasteiger partial charge on any atom is 0.269 e. The summed E-state index contributed by atoms with van der Waals surface area (Å²) in [5.74, 6) is 0.488. The summed E-state index contributed by atoms with van der Waals surface area (Å²) in [5, 5.41) is 22.1. The first-order valence-corrected chi connectivity index (χ1v) is 10.0. The molecule has 1 atom stereocenters. The molecule has 1 aliphatic heterocycles. The molecule has 3 aromatic rings. The molecular weight excluding hydrogens is 406 g/mol. The predicted octanol–water partition coefficient (Wildman–Crippen LogP) is 4.76. The summed E-state index contributed by atoms with van der Waals surface area (Å²) in [6, 6.07) is 13.9. The first kappa shape index (κ1) is 20.3. The maximum absolute atomic E-state index is 11.2. The normalized spacial score (nSPS) is 16.7. The van der Waals surface area contributed by atoms with Crippen molar-refractivity contribution in [1.82, 2.24) is 9.47 Å². The summed E-state index contributed by atoms with van der Waals surface area (Å²) in [6.45, 7) is 2.10. The lowest BCUT2D eigenvalue weighted by molar-refractivity contribution is -0.384. The Balaban J connectivity index is 1.77. The molecule has 0 amide bonds. The molecule has 30 heavy (non-hydrogen) atoms. The van der Waals surface area contributed by atoms with Crippen molar-refractivity contribution in [2.75, 3.05) is 13.7 Å². The monoisotopic (exact) mass is 427 g/mol. The largest absolute Gasteiger partial charge is 0.504 e. The van der Waals surface area contributed by atoms with E-state index in [-0.39, 0.29) is 17.5 Å². The molecule has 1 aromatic heterocycles. The van der Waals surface area contributed by atoms with Crippen LogP contribution in [-0.2, 0) is 13.1 Å². The van der Waals surface area contributed by atoms with E-state index in [9.17, 15) is 15.2 Å². The van der Waals surface area contributed by atoms with E-state index < -0.39 is 4.92 Å². The number of phenols is 1. The summed E-state index contributed by atoms with van der Waals surface area (Å²) in [7, 11) is 1.52. The highest BCUT2D eigenvalue weighted by Gasteiger charge is 2.29. The van der Waals surface area contributed by atoms with Gasteiger partial charge in [0.2, 0.25) is 0 Å². The maximum atomic E-state index is 11.2. The summed E-state index contributed by atoms with van der Waals surface area (Å²) in [5.41, 5.74) is 2.73. The zero-order valence-corrected chi connectivity index (χ0v) is 17.2. The van der Waals surface area contributed by atoms with E-state index in [1.165, 1.54) is 19.2 Å². The van der Waals surface area contributed by atoms with E-state index in [2.05, 4.69) is 21.7 Å². The second-order valence-corrected chi connectivity index (χ2v) is 7.72. The minimum Gasteiger partial charge on any atom is -0.504 e. The highest BCUT2D eigenvalue weighted by molar-refractivity contribution is 6.31. The Morgan fingerprint density at radius 3 is 2.80 bits per heavy atom. The van der Waals surface area contributed by atoms with Crippen LogP contribution in [0.3, 0.4) is 0 Å². The fraction of sp³-hybridized carbons (Fsp3) is 0.273. The lowest BCUT2D eigenvalue weighted by Crippen LogP contribution is -2.29. The number of nitrogens with zero attached hydrogens (tertiary/aromatic N) is 3. The molecule has 4 rings (SSSR count). The number of nitro groups is 1.